The van der Waals surface area contributed by atoms with Crippen LogP contribution < -0.4 is 10.2 Å². The van der Waals surface area contributed by atoms with Gasteiger partial charge in [0.15, 0.2) is 5.71 Å². The Balaban J connectivity index is 1.12. The molecular formula is C44H62N3O6+. The van der Waals surface area contributed by atoms with Crippen molar-refractivity contribution in [3.63, 3.8) is 0 Å². The molecule has 2 aromatic carbocycles. The lowest BCUT2D eigenvalue weighted by atomic mass is 9.81. The summed E-state index contributed by atoms with van der Waals surface area (Å²) in [5.41, 5.74) is 7.69. The Morgan fingerprint density at radius 2 is 1.34 bits per heavy atom. The van der Waals surface area contributed by atoms with Crippen molar-refractivity contribution >= 4 is 28.8 Å². The number of ketones is 1. The second-order valence-corrected chi connectivity index (χ2v) is 14.7. The molecule has 2 aromatic rings. The Bertz CT molecular complexity index is 1620. The van der Waals surface area contributed by atoms with Gasteiger partial charge in [0, 0.05) is 60.4 Å². The Morgan fingerprint density at radius 3 is 2.02 bits per heavy atom. The maximum Gasteiger partial charge on any atom is 0.220 e. The molecule has 0 saturated carbocycles. The molecule has 0 saturated heterocycles. The molecule has 9 nitrogen and oxygen atoms in total. The van der Waals surface area contributed by atoms with E-state index in [9.17, 15) is 9.59 Å². The molecule has 53 heavy (non-hydrogen) atoms. The van der Waals surface area contributed by atoms with Gasteiger partial charge in [-0.3, -0.25) is 9.59 Å². The fourth-order valence-corrected chi connectivity index (χ4v) is 7.10. The van der Waals surface area contributed by atoms with Crippen molar-refractivity contribution in [3.8, 4) is 0 Å². The number of carbonyl (C=O) groups excluding carboxylic acids is 2. The van der Waals surface area contributed by atoms with E-state index in [1.54, 1.807) is 6.92 Å². The third-order valence-electron chi connectivity index (χ3n) is 10.0. The second-order valence-electron chi connectivity index (χ2n) is 14.7. The average molecular weight is 729 g/mol. The molecule has 1 N–H and O–H groups in total. The molecule has 0 fully saturated rings. The highest BCUT2D eigenvalue weighted by molar-refractivity contribution is 6.03. The molecule has 0 aliphatic carbocycles. The summed E-state index contributed by atoms with van der Waals surface area (Å²) in [6.45, 7) is 15.9. The Morgan fingerprint density at radius 1 is 0.717 bits per heavy atom. The average Bonchev–Trinajstić information content (AvgIpc) is 3.47. The van der Waals surface area contributed by atoms with E-state index in [0.29, 0.717) is 72.2 Å². The van der Waals surface area contributed by atoms with Crippen molar-refractivity contribution in [1.82, 2.24) is 5.32 Å². The van der Waals surface area contributed by atoms with Crippen LogP contribution in [-0.2, 0) is 39.4 Å². The summed E-state index contributed by atoms with van der Waals surface area (Å²) in [4.78, 5) is 25.7. The number of unbranched alkanes of at least 4 members (excludes halogenated alkanes) is 2. The van der Waals surface area contributed by atoms with Crippen molar-refractivity contribution in [2.45, 2.75) is 77.6 Å². The largest absolute Gasteiger partial charge is 0.379 e. The van der Waals surface area contributed by atoms with Gasteiger partial charge in [0.05, 0.1) is 58.3 Å². The molecule has 288 valence electrons. The third kappa shape index (κ3) is 12.1. The lowest BCUT2D eigenvalue weighted by Crippen LogP contribution is -2.28. The number of anilines is 1. The van der Waals surface area contributed by atoms with Gasteiger partial charge >= 0.3 is 0 Å². The number of para-hydroxylation sites is 2. The van der Waals surface area contributed by atoms with Crippen LogP contribution in [0.25, 0.3) is 0 Å². The zero-order valence-corrected chi connectivity index (χ0v) is 33.0. The predicted molar refractivity (Wildman–Crippen MR) is 214 cm³/mol. The highest BCUT2D eigenvalue weighted by Gasteiger charge is 2.42. The molecule has 1 amide bonds. The van der Waals surface area contributed by atoms with Crippen molar-refractivity contribution in [1.29, 1.82) is 0 Å². The van der Waals surface area contributed by atoms with Crippen molar-refractivity contribution in [2.24, 2.45) is 0 Å². The van der Waals surface area contributed by atoms with Crippen LogP contribution in [0.1, 0.15) is 77.8 Å². The number of benzene rings is 2. The first-order chi connectivity index (χ1) is 25.5. The molecule has 0 radical (unpaired) electrons. The summed E-state index contributed by atoms with van der Waals surface area (Å²) in [7, 11) is 2.15. The van der Waals surface area contributed by atoms with E-state index in [4.69, 9.17) is 18.9 Å². The summed E-state index contributed by atoms with van der Waals surface area (Å²) in [5.74, 6) is 0.187. The molecule has 9 heteroatoms. The fourth-order valence-electron chi connectivity index (χ4n) is 7.10. The van der Waals surface area contributed by atoms with Gasteiger partial charge in [0.2, 0.25) is 11.6 Å². The van der Waals surface area contributed by atoms with E-state index in [1.807, 2.05) is 0 Å². The van der Waals surface area contributed by atoms with E-state index in [2.05, 4.69) is 128 Å². The number of rotatable bonds is 24. The van der Waals surface area contributed by atoms with Crippen LogP contribution >= 0.6 is 0 Å². The van der Waals surface area contributed by atoms with Gasteiger partial charge in [0.25, 0.3) is 0 Å². The summed E-state index contributed by atoms with van der Waals surface area (Å²) in [6.07, 6.45) is 14.7. The second kappa shape index (κ2) is 21.1. The van der Waals surface area contributed by atoms with Gasteiger partial charge in [-0.2, -0.15) is 4.58 Å². The molecule has 0 aromatic heterocycles. The quantitative estimate of drug-likeness (QED) is 0.0695. The number of amides is 1. The van der Waals surface area contributed by atoms with Crippen molar-refractivity contribution in [3.05, 3.63) is 95.7 Å². The van der Waals surface area contributed by atoms with Gasteiger partial charge in [-0.15, -0.1) is 0 Å². The smallest absolute Gasteiger partial charge is 0.220 e. The first kappa shape index (κ1) is 41.9. The number of nitrogens with one attached hydrogen (secondary N) is 1. The molecule has 0 unspecified atom stereocenters. The standard InChI is InChI=1S/C44H61N3O6/c1-35(48)24-27-50-29-31-52-33-34-53-32-30-51-28-25-45-42(49)23-11-8-16-26-47-39-20-15-13-18-37(39)44(4,5)41(47)22-10-7-9-21-40-43(2,3)36-17-12-14-19-38(36)46(40)6/h7,9-10,12-15,17-22H,8,11,16,23-34H2,1-6H3/p+1. The van der Waals surface area contributed by atoms with Crippen LogP contribution in [0.3, 0.4) is 0 Å². The van der Waals surface area contributed by atoms with E-state index in [-0.39, 0.29) is 22.5 Å². The number of carbonyl (C=O) groups is 2. The molecule has 2 heterocycles. The SMILES string of the molecule is CC(=O)CCOCCOCCOCCOCCNC(=O)CCCCCN1/C(=C/C=C/C=C/C2=[N+](C)c3ccccc3C2(C)C)C(C)(C)c2ccccc21. The van der Waals surface area contributed by atoms with Gasteiger partial charge < -0.3 is 29.2 Å². The van der Waals surface area contributed by atoms with Crippen LogP contribution in [0.5, 0.6) is 0 Å². The van der Waals surface area contributed by atoms with Crippen LogP contribution in [0.15, 0.2) is 84.6 Å². The normalized spacial score (nSPS) is 16.6. The van der Waals surface area contributed by atoms with Crippen LogP contribution in [0.2, 0.25) is 0 Å². The first-order valence-corrected chi connectivity index (χ1v) is 19.3. The third-order valence-corrected chi connectivity index (χ3v) is 10.0. The van der Waals surface area contributed by atoms with Gasteiger partial charge in [-0.25, -0.2) is 0 Å². The molecular weight excluding hydrogens is 666 g/mol. The topological polar surface area (TPSA) is 89.3 Å². The van der Waals surface area contributed by atoms with Gasteiger partial charge in [-0.1, -0.05) is 74.9 Å². The number of Topliss-reactive ketones (excluding diaryl/α,β-unsaturated/α-hetero) is 1. The highest BCUT2D eigenvalue weighted by atomic mass is 16.6. The first-order valence-electron chi connectivity index (χ1n) is 19.3. The van der Waals surface area contributed by atoms with Crippen molar-refractivity contribution in [2.75, 3.05) is 77.9 Å². The molecule has 4 rings (SSSR count). The minimum absolute atomic E-state index is 0.0426. The lowest BCUT2D eigenvalue weighted by molar-refractivity contribution is -0.401. The Kier molecular flexibility index (Phi) is 16.7. The number of ether oxygens (including phenoxy) is 4. The summed E-state index contributed by atoms with van der Waals surface area (Å²) < 4.78 is 24.1. The molecule has 2 aliphatic heterocycles. The molecule has 0 spiro atoms. The Hall–Kier alpha value is -3.89. The van der Waals surface area contributed by atoms with E-state index < -0.39 is 0 Å². The summed E-state index contributed by atoms with van der Waals surface area (Å²) in [6, 6.07) is 17.4. The van der Waals surface area contributed by atoms with Crippen LogP contribution in [0.4, 0.5) is 11.4 Å². The van der Waals surface area contributed by atoms with Crippen LogP contribution in [0, 0.1) is 0 Å². The van der Waals surface area contributed by atoms with E-state index >= 15 is 0 Å². The predicted octanol–water partition coefficient (Wildman–Crippen LogP) is 7.21. The summed E-state index contributed by atoms with van der Waals surface area (Å²) >= 11 is 0. The van der Waals surface area contributed by atoms with Gasteiger partial charge in [-0.05, 0) is 51.3 Å². The van der Waals surface area contributed by atoms with Crippen molar-refractivity contribution < 1.29 is 33.1 Å². The van der Waals surface area contributed by atoms with E-state index in [1.165, 1.54) is 33.9 Å². The highest BCUT2D eigenvalue weighted by Crippen LogP contribution is 2.47. The minimum Gasteiger partial charge on any atom is -0.379 e. The molecule has 0 bridgehead atoms. The maximum absolute atomic E-state index is 12.4. The number of hydrogen-bond donors (Lipinski definition) is 1. The molecule has 2 aliphatic rings. The minimum atomic E-state index is -0.106. The fraction of sp³-hybridized carbons (Fsp3) is 0.523. The monoisotopic (exact) mass is 728 g/mol. The number of fused-ring (bicyclic) bond motifs is 2. The number of hydrogen-bond acceptors (Lipinski definition) is 7. The zero-order valence-electron chi connectivity index (χ0n) is 33.0. The zero-order chi connectivity index (χ0) is 38.1. The van der Waals surface area contributed by atoms with Gasteiger partial charge in [0.1, 0.15) is 12.8 Å². The van der Waals surface area contributed by atoms with Crippen LogP contribution in [-0.4, -0.2) is 95.0 Å². The number of nitrogens with zero attached hydrogens (tertiary/aromatic N) is 2. The maximum atomic E-state index is 12.4. The number of allylic oxidation sites excluding steroid dienone is 6. The molecule has 0 atom stereocenters. The lowest BCUT2D eigenvalue weighted by Gasteiger charge is -2.27. The van der Waals surface area contributed by atoms with E-state index in [0.717, 1.165) is 25.8 Å². The Labute approximate surface area is 317 Å². The summed E-state index contributed by atoms with van der Waals surface area (Å²) in [5, 5.41) is 2.96.